The molecule has 1 aromatic heterocycles. The Hall–Kier alpha value is -2.45. The normalized spacial score (nSPS) is 11.5. The fourth-order valence-electron chi connectivity index (χ4n) is 2.14. The molecule has 9 heteroatoms. The van der Waals surface area contributed by atoms with Gasteiger partial charge in [-0.15, -0.1) is 5.10 Å². The van der Waals surface area contributed by atoms with Gasteiger partial charge >= 0.3 is 0 Å². The summed E-state index contributed by atoms with van der Waals surface area (Å²) in [5, 5.41) is 4.32. The Labute approximate surface area is 149 Å². The topological polar surface area (TPSA) is 76.9 Å². The van der Waals surface area contributed by atoms with Crippen LogP contribution in [0.3, 0.4) is 0 Å². The van der Waals surface area contributed by atoms with Crippen molar-refractivity contribution in [3.05, 3.63) is 70.8 Å². The van der Waals surface area contributed by atoms with E-state index in [0.29, 0.717) is 5.56 Å². The summed E-state index contributed by atoms with van der Waals surface area (Å²) in [5.74, 6) is -0.488. The molecule has 0 aliphatic heterocycles. The van der Waals surface area contributed by atoms with Gasteiger partial charge in [-0.1, -0.05) is 35.4 Å². The van der Waals surface area contributed by atoms with E-state index in [0.717, 1.165) is 5.56 Å². The molecule has 0 bridgehead atoms. The molecule has 3 rings (SSSR count). The molecule has 130 valence electrons. The SMILES string of the molecule is Cc1ccc(S(=O)(=O)Nc2ncn(Cc3ccc(F)cc3Cl)n2)cc1. The van der Waals surface area contributed by atoms with E-state index in [1.165, 1.54) is 41.3 Å². The van der Waals surface area contributed by atoms with E-state index in [9.17, 15) is 12.8 Å². The van der Waals surface area contributed by atoms with E-state index in [1.807, 2.05) is 6.92 Å². The molecule has 1 heterocycles. The first kappa shape index (κ1) is 17.4. The average molecular weight is 381 g/mol. The maximum Gasteiger partial charge on any atom is 0.264 e. The van der Waals surface area contributed by atoms with Crippen molar-refractivity contribution in [1.82, 2.24) is 14.8 Å². The zero-order valence-corrected chi connectivity index (χ0v) is 14.7. The second-order valence-corrected chi connectivity index (χ2v) is 7.51. The van der Waals surface area contributed by atoms with Crippen molar-refractivity contribution in [2.24, 2.45) is 0 Å². The summed E-state index contributed by atoms with van der Waals surface area (Å²) >= 11 is 5.97. The van der Waals surface area contributed by atoms with Crippen LogP contribution in [-0.2, 0) is 16.6 Å². The first-order valence-electron chi connectivity index (χ1n) is 7.26. The Morgan fingerprint density at radius 2 is 1.92 bits per heavy atom. The van der Waals surface area contributed by atoms with Gasteiger partial charge in [-0.2, -0.15) is 4.98 Å². The summed E-state index contributed by atoms with van der Waals surface area (Å²) in [5.41, 5.74) is 1.60. The van der Waals surface area contributed by atoms with Crippen LogP contribution in [0.1, 0.15) is 11.1 Å². The molecule has 0 fully saturated rings. The van der Waals surface area contributed by atoms with Crippen molar-refractivity contribution in [2.45, 2.75) is 18.4 Å². The van der Waals surface area contributed by atoms with Crippen LogP contribution in [0.5, 0.6) is 0 Å². The smallest absolute Gasteiger partial charge is 0.246 e. The Kier molecular flexibility index (Phi) is 4.73. The van der Waals surface area contributed by atoms with Crippen molar-refractivity contribution in [2.75, 3.05) is 4.72 Å². The maximum absolute atomic E-state index is 13.1. The number of nitrogens with zero attached hydrogens (tertiary/aromatic N) is 3. The van der Waals surface area contributed by atoms with E-state index in [4.69, 9.17) is 11.6 Å². The van der Waals surface area contributed by atoms with Gasteiger partial charge in [-0.25, -0.2) is 22.2 Å². The number of aryl methyl sites for hydroxylation is 1. The Morgan fingerprint density at radius 3 is 2.60 bits per heavy atom. The van der Waals surface area contributed by atoms with Crippen LogP contribution in [-0.4, -0.2) is 23.2 Å². The van der Waals surface area contributed by atoms with Crippen molar-refractivity contribution < 1.29 is 12.8 Å². The lowest BCUT2D eigenvalue weighted by molar-refractivity contribution is 0.600. The molecule has 0 amide bonds. The van der Waals surface area contributed by atoms with Crippen LogP contribution in [0, 0.1) is 12.7 Å². The number of anilines is 1. The van der Waals surface area contributed by atoms with Gasteiger partial charge in [0.2, 0.25) is 0 Å². The molecular weight excluding hydrogens is 367 g/mol. The molecule has 6 nitrogen and oxygen atoms in total. The summed E-state index contributed by atoms with van der Waals surface area (Å²) in [6.45, 7) is 2.10. The van der Waals surface area contributed by atoms with Crippen LogP contribution in [0.25, 0.3) is 0 Å². The second kappa shape index (κ2) is 6.81. The minimum atomic E-state index is -3.77. The minimum Gasteiger partial charge on any atom is -0.246 e. The van der Waals surface area contributed by atoms with Gasteiger partial charge in [-0.3, -0.25) is 0 Å². The Bertz CT molecular complexity index is 1000. The fourth-order valence-corrected chi connectivity index (χ4v) is 3.31. The number of nitrogens with one attached hydrogen (secondary N) is 1. The highest BCUT2D eigenvalue weighted by molar-refractivity contribution is 7.92. The van der Waals surface area contributed by atoms with Crippen molar-refractivity contribution in [3.8, 4) is 0 Å². The highest BCUT2D eigenvalue weighted by Gasteiger charge is 2.16. The van der Waals surface area contributed by atoms with Gasteiger partial charge in [0.25, 0.3) is 16.0 Å². The fraction of sp³-hybridized carbons (Fsp3) is 0.125. The molecule has 0 radical (unpaired) electrons. The first-order chi connectivity index (χ1) is 11.8. The summed E-state index contributed by atoms with van der Waals surface area (Å²) in [4.78, 5) is 4.05. The summed E-state index contributed by atoms with van der Waals surface area (Å²) in [6, 6.07) is 10.5. The van der Waals surface area contributed by atoms with E-state index in [2.05, 4.69) is 14.8 Å². The molecule has 0 spiro atoms. The van der Waals surface area contributed by atoms with E-state index in [1.54, 1.807) is 12.1 Å². The van der Waals surface area contributed by atoms with Crippen molar-refractivity contribution in [1.29, 1.82) is 0 Å². The molecular formula is C16H14ClFN4O2S. The lowest BCUT2D eigenvalue weighted by Gasteiger charge is -2.05. The molecule has 3 aromatic rings. The average Bonchev–Trinajstić information content (AvgIpc) is 2.97. The maximum atomic E-state index is 13.1. The lowest BCUT2D eigenvalue weighted by atomic mass is 10.2. The molecule has 0 unspecified atom stereocenters. The predicted octanol–water partition coefficient (Wildman–Crippen LogP) is 3.23. The zero-order chi connectivity index (χ0) is 18.0. The predicted molar refractivity (Wildman–Crippen MR) is 92.5 cm³/mol. The van der Waals surface area contributed by atoms with Gasteiger partial charge in [0.1, 0.15) is 12.1 Å². The molecule has 0 saturated heterocycles. The molecule has 0 saturated carbocycles. The van der Waals surface area contributed by atoms with E-state index in [-0.39, 0.29) is 22.4 Å². The number of benzene rings is 2. The molecule has 25 heavy (non-hydrogen) atoms. The van der Waals surface area contributed by atoms with Crippen molar-refractivity contribution >= 4 is 27.6 Å². The molecule has 2 aromatic carbocycles. The third-order valence-electron chi connectivity index (χ3n) is 3.44. The van der Waals surface area contributed by atoms with Gasteiger partial charge in [0.15, 0.2) is 0 Å². The first-order valence-corrected chi connectivity index (χ1v) is 9.12. The van der Waals surface area contributed by atoms with Gasteiger partial charge in [0, 0.05) is 5.02 Å². The third-order valence-corrected chi connectivity index (χ3v) is 5.14. The van der Waals surface area contributed by atoms with Crippen LogP contribution in [0.4, 0.5) is 10.3 Å². The van der Waals surface area contributed by atoms with Crippen LogP contribution >= 0.6 is 11.6 Å². The molecule has 0 aliphatic carbocycles. The third kappa shape index (κ3) is 4.15. The summed E-state index contributed by atoms with van der Waals surface area (Å²) < 4.78 is 41.4. The van der Waals surface area contributed by atoms with Crippen LogP contribution in [0.15, 0.2) is 53.7 Å². The Morgan fingerprint density at radius 1 is 1.20 bits per heavy atom. The van der Waals surface area contributed by atoms with Crippen LogP contribution in [0.2, 0.25) is 5.02 Å². The number of aromatic nitrogens is 3. The lowest BCUT2D eigenvalue weighted by Crippen LogP contribution is -2.14. The zero-order valence-electron chi connectivity index (χ0n) is 13.1. The quantitative estimate of drug-likeness (QED) is 0.737. The number of sulfonamides is 1. The van der Waals surface area contributed by atoms with Gasteiger partial charge in [0.05, 0.1) is 11.4 Å². The van der Waals surface area contributed by atoms with E-state index >= 15 is 0 Å². The second-order valence-electron chi connectivity index (χ2n) is 5.42. The van der Waals surface area contributed by atoms with Crippen molar-refractivity contribution in [3.63, 3.8) is 0 Å². The number of rotatable bonds is 5. The van der Waals surface area contributed by atoms with Gasteiger partial charge < -0.3 is 0 Å². The number of hydrogen-bond acceptors (Lipinski definition) is 4. The molecule has 0 aliphatic rings. The van der Waals surface area contributed by atoms with Crippen LogP contribution < -0.4 is 4.72 Å². The van der Waals surface area contributed by atoms with Gasteiger partial charge in [-0.05, 0) is 36.8 Å². The summed E-state index contributed by atoms with van der Waals surface area (Å²) in [7, 11) is -3.77. The molecule has 0 atom stereocenters. The largest absolute Gasteiger partial charge is 0.264 e. The highest BCUT2D eigenvalue weighted by Crippen LogP contribution is 2.19. The highest BCUT2D eigenvalue weighted by atomic mass is 35.5. The number of halogens is 2. The minimum absolute atomic E-state index is 0.0567. The summed E-state index contributed by atoms with van der Waals surface area (Å²) in [6.07, 6.45) is 1.37. The standard InChI is InChI=1S/C16H14ClFN4O2S/c1-11-2-6-14(7-3-11)25(23,24)21-16-19-10-22(20-16)9-12-4-5-13(18)8-15(12)17/h2-8,10H,9H2,1H3,(H,20,21). The van der Waals surface area contributed by atoms with E-state index < -0.39 is 15.8 Å². The Balaban J connectivity index is 1.76. The molecule has 1 N–H and O–H groups in total. The number of hydrogen-bond donors (Lipinski definition) is 1. The monoisotopic (exact) mass is 380 g/mol.